The molecule has 0 radical (unpaired) electrons. The van der Waals surface area contributed by atoms with Crippen LogP contribution in [0.5, 0.6) is 17.2 Å². The van der Waals surface area contributed by atoms with Gasteiger partial charge in [-0.3, -0.25) is 4.79 Å². The SMILES string of the molecule is COc1ccc(COC(=O)N=C(N)c2ccc(OCc3ccc(C=CCNC(=O)OCc4ccc(OC)cc4)cc3)c(C(=O)c3ccccc3)c2)cc1. The monoisotopic (exact) mass is 713 g/mol. The molecule has 0 atom stereocenters. The first-order valence-corrected chi connectivity index (χ1v) is 16.6. The van der Waals surface area contributed by atoms with Crippen LogP contribution in [0.3, 0.4) is 0 Å². The quantitative estimate of drug-likeness (QED) is 0.0640. The molecule has 0 aliphatic rings. The Kier molecular flexibility index (Phi) is 13.3. The number of alkyl carbamates (subject to hydrolysis) is 1. The summed E-state index contributed by atoms with van der Waals surface area (Å²) in [6, 6.07) is 35.6. The molecule has 0 bridgehead atoms. The van der Waals surface area contributed by atoms with Crippen LogP contribution in [0.2, 0.25) is 0 Å². The molecule has 0 fully saturated rings. The number of nitrogens with two attached hydrogens (primary N) is 1. The fraction of sp³-hybridized carbons (Fsp3) is 0.143. The van der Waals surface area contributed by atoms with Gasteiger partial charge in [0.15, 0.2) is 5.78 Å². The molecule has 0 spiro atoms. The molecule has 5 aromatic rings. The van der Waals surface area contributed by atoms with E-state index in [1.165, 1.54) is 0 Å². The third-order valence-corrected chi connectivity index (χ3v) is 7.87. The highest BCUT2D eigenvalue weighted by Crippen LogP contribution is 2.25. The van der Waals surface area contributed by atoms with Crippen molar-refractivity contribution in [3.63, 3.8) is 0 Å². The maximum atomic E-state index is 13.6. The molecule has 5 rings (SSSR count). The molecule has 270 valence electrons. The van der Waals surface area contributed by atoms with Gasteiger partial charge in [-0.2, -0.15) is 4.99 Å². The molecule has 2 amide bonds. The van der Waals surface area contributed by atoms with Gasteiger partial charge in [-0.05, 0) is 64.7 Å². The number of amides is 2. The van der Waals surface area contributed by atoms with Gasteiger partial charge in [0.05, 0.1) is 19.8 Å². The zero-order valence-corrected chi connectivity index (χ0v) is 29.3. The lowest BCUT2D eigenvalue weighted by Crippen LogP contribution is -2.24. The maximum absolute atomic E-state index is 13.6. The van der Waals surface area contributed by atoms with Gasteiger partial charge in [0.1, 0.15) is 42.9 Å². The van der Waals surface area contributed by atoms with E-state index in [1.54, 1.807) is 93.1 Å². The molecule has 53 heavy (non-hydrogen) atoms. The van der Waals surface area contributed by atoms with Crippen molar-refractivity contribution >= 4 is 29.9 Å². The fourth-order valence-electron chi connectivity index (χ4n) is 4.94. The summed E-state index contributed by atoms with van der Waals surface area (Å²) < 4.78 is 26.9. The van der Waals surface area contributed by atoms with Crippen LogP contribution in [0.15, 0.2) is 132 Å². The summed E-state index contributed by atoms with van der Waals surface area (Å²) in [5.74, 6) is 1.37. The Morgan fingerprint density at radius 1 is 0.679 bits per heavy atom. The molecular formula is C42H39N3O8. The summed E-state index contributed by atoms with van der Waals surface area (Å²) in [6.45, 7) is 0.629. The third-order valence-electron chi connectivity index (χ3n) is 7.87. The number of ketones is 1. The minimum atomic E-state index is -0.868. The van der Waals surface area contributed by atoms with Crippen molar-refractivity contribution in [3.8, 4) is 17.2 Å². The van der Waals surface area contributed by atoms with E-state index in [9.17, 15) is 14.4 Å². The van der Waals surface area contributed by atoms with E-state index in [0.717, 1.165) is 28.0 Å². The summed E-state index contributed by atoms with van der Waals surface area (Å²) in [5, 5.41) is 2.69. The predicted octanol–water partition coefficient (Wildman–Crippen LogP) is 7.50. The van der Waals surface area contributed by atoms with Crippen LogP contribution in [0.4, 0.5) is 9.59 Å². The highest BCUT2D eigenvalue weighted by molar-refractivity contribution is 6.12. The first-order chi connectivity index (χ1) is 25.8. The standard InChI is InChI=1S/C42H39N3O8/c1-49-35-19-14-31(15-20-35)27-52-41(47)44-24-6-7-29-10-12-30(13-11-29)26-51-38-23-18-34(25-37(38)39(46)33-8-4-3-5-9-33)40(43)45-42(48)53-28-32-16-21-36(50-2)22-17-32/h3-23,25H,24,26-28H2,1-2H3,(H,44,47)(H2,43,45,48). The van der Waals surface area contributed by atoms with Gasteiger partial charge in [0.2, 0.25) is 0 Å². The van der Waals surface area contributed by atoms with Crippen molar-refractivity contribution in [3.05, 3.63) is 166 Å². The van der Waals surface area contributed by atoms with Gasteiger partial charge in [0, 0.05) is 17.7 Å². The Morgan fingerprint density at radius 2 is 1.26 bits per heavy atom. The van der Waals surface area contributed by atoms with Gasteiger partial charge in [-0.25, -0.2) is 9.59 Å². The molecule has 0 aliphatic carbocycles. The Morgan fingerprint density at radius 3 is 1.89 bits per heavy atom. The summed E-state index contributed by atoms with van der Waals surface area (Å²) in [7, 11) is 3.16. The fourth-order valence-corrected chi connectivity index (χ4v) is 4.94. The lowest BCUT2D eigenvalue weighted by atomic mass is 10.00. The Bertz CT molecular complexity index is 2040. The van der Waals surface area contributed by atoms with Crippen LogP contribution in [-0.2, 0) is 29.3 Å². The van der Waals surface area contributed by atoms with Crippen molar-refractivity contribution in [1.82, 2.24) is 5.32 Å². The second-order valence-electron chi connectivity index (χ2n) is 11.5. The minimum Gasteiger partial charge on any atom is -0.497 e. The van der Waals surface area contributed by atoms with Crippen molar-refractivity contribution in [2.75, 3.05) is 20.8 Å². The molecular weight excluding hydrogens is 674 g/mol. The zero-order chi connectivity index (χ0) is 37.4. The number of nitrogens with one attached hydrogen (secondary N) is 1. The number of rotatable bonds is 15. The lowest BCUT2D eigenvalue weighted by Gasteiger charge is -2.13. The second kappa shape index (κ2) is 18.9. The van der Waals surface area contributed by atoms with Gasteiger partial charge in [-0.1, -0.05) is 91.0 Å². The Balaban J connectivity index is 1.17. The highest BCUT2D eigenvalue weighted by Gasteiger charge is 2.18. The first-order valence-electron chi connectivity index (χ1n) is 16.6. The van der Waals surface area contributed by atoms with Crippen LogP contribution in [-0.4, -0.2) is 44.6 Å². The summed E-state index contributed by atoms with van der Waals surface area (Å²) in [4.78, 5) is 42.0. The van der Waals surface area contributed by atoms with E-state index in [2.05, 4.69) is 10.3 Å². The minimum absolute atomic E-state index is 0.00169. The van der Waals surface area contributed by atoms with E-state index in [-0.39, 0.29) is 37.0 Å². The average Bonchev–Trinajstić information content (AvgIpc) is 3.20. The topological polar surface area (TPSA) is 148 Å². The van der Waals surface area contributed by atoms with Crippen molar-refractivity contribution in [2.24, 2.45) is 10.7 Å². The average molecular weight is 714 g/mol. The Labute approximate surface area is 307 Å². The molecule has 5 aromatic carbocycles. The summed E-state index contributed by atoms with van der Waals surface area (Å²) in [5.41, 5.74) is 10.7. The summed E-state index contributed by atoms with van der Waals surface area (Å²) >= 11 is 0. The number of carbonyl (C=O) groups is 3. The smallest absolute Gasteiger partial charge is 0.435 e. The van der Waals surface area contributed by atoms with Crippen molar-refractivity contribution in [2.45, 2.75) is 19.8 Å². The molecule has 0 heterocycles. The number of methoxy groups -OCH3 is 2. The lowest BCUT2D eigenvalue weighted by molar-refractivity contribution is 0.103. The van der Waals surface area contributed by atoms with Crippen LogP contribution >= 0.6 is 0 Å². The summed E-state index contributed by atoms with van der Waals surface area (Å²) in [6.07, 6.45) is 2.31. The van der Waals surface area contributed by atoms with E-state index in [0.29, 0.717) is 29.2 Å². The van der Waals surface area contributed by atoms with Gasteiger partial charge in [0.25, 0.3) is 0 Å². The predicted molar refractivity (Wildman–Crippen MR) is 201 cm³/mol. The van der Waals surface area contributed by atoms with E-state index < -0.39 is 12.2 Å². The highest BCUT2D eigenvalue weighted by atomic mass is 16.6. The number of nitrogens with zero attached hydrogens (tertiary/aromatic N) is 1. The number of hydrogen-bond donors (Lipinski definition) is 2. The largest absolute Gasteiger partial charge is 0.497 e. The van der Waals surface area contributed by atoms with E-state index >= 15 is 0 Å². The van der Waals surface area contributed by atoms with Crippen molar-refractivity contribution < 1.29 is 38.1 Å². The van der Waals surface area contributed by atoms with Crippen molar-refractivity contribution in [1.29, 1.82) is 0 Å². The first kappa shape index (κ1) is 37.4. The number of carbonyl (C=O) groups excluding carboxylic acids is 3. The number of benzene rings is 5. The molecule has 0 aliphatic heterocycles. The number of hydrogen-bond acceptors (Lipinski definition) is 8. The Hall–Kier alpha value is -6.88. The van der Waals surface area contributed by atoms with Crippen LogP contribution in [0, 0.1) is 0 Å². The number of ether oxygens (including phenoxy) is 5. The van der Waals surface area contributed by atoms with E-state index in [1.807, 2.05) is 54.6 Å². The van der Waals surface area contributed by atoms with Gasteiger partial charge < -0.3 is 34.7 Å². The molecule has 3 N–H and O–H groups in total. The van der Waals surface area contributed by atoms with Crippen LogP contribution < -0.4 is 25.3 Å². The number of amidine groups is 1. The zero-order valence-electron chi connectivity index (χ0n) is 29.3. The number of aliphatic imine (C=N–C) groups is 1. The molecule has 0 aromatic heterocycles. The third kappa shape index (κ3) is 11.3. The molecule has 11 heteroatoms. The molecule has 0 saturated heterocycles. The maximum Gasteiger partial charge on any atom is 0.435 e. The van der Waals surface area contributed by atoms with Gasteiger partial charge >= 0.3 is 12.2 Å². The van der Waals surface area contributed by atoms with Crippen LogP contribution in [0.1, 0.15) is 43.7 Å². The second-order valence-corrected chi connectivity index (χ2v) is 11.5. The van der Waals surface area contributed by atoms with Crippen LogP contribution in [0.25, 0.3) is 6.08 Å². The normalized spacial score (nSPS) is 11.1. The van der Waals surface area contributed by atoms with E-state index in [4.69, 9.17) is 29.4 Å². The van der Waals surface area contributed by atoms with Gasteiger partial charge in [-0.15, -0.1) is 0 Å². The molecule has 0 saturated carbocycles. The molecule has 11 nitrogen and oxygen atoms in total. The molecule has 0 unspecified atom stereocenters.